The van der Waals surface area contributed by atoms with E-state index in [0.717, 1.165) is 5.56 Å². The molecule has 5 heteroatoms. The highest BCUT2D eigenvalue weighted by Gasteiger charge is 2.13. The SMILES string of the molecule is COCCN(CCC#N)c1ccc(C(C)N)cc1F. The predicted molar refractivity (Wildman–Crippen MR) is 73.3 cm³/mol. The normalized spacial score (nSPS) is 11.9. The van der Waals surface area contributed by atoms with Crippen LogP contribution < -0.4 is 10.6 Å². The molecule has 1 atom stereocenters. The van der Waals surface area contributed by atoms with Gasteiger partial charge in [0.05, 0.1) is 24.8 Å². The van der Waals surface area contributed by atoms with Crippen LogP contribution in [0.2, 0.25) is 0 Å². The Kier molecular flexibility index (Phi) is 6.26. The Hall–Kier alpha value is -1.64. The van der Waals surface area contributed by atoms with Crippen molar-refractivity contribution < 1.29 is 9.13 Å². The lowest BCUT2D eigenvalue weighted by molar-refractivity contribution is 0.205. The Morgan fingerprint density at radius 3 is 2.74 bits per heavy atom. The maximum absolute atomic E-state index is 14.1. The Balaban J connectivity index is 2.91. The van der Waals surface area contributed by atoms with Crippen molar-refractivity contribution in [3.05, 3.63) is 29.6 Å². The van der Waals surface area contributed by atoms with E-state index < -0.39 is 0 Å². The van der Waals surface area contributed by atoms with E-state index in [1.165, 1.54) is 6.07 Å². The van der Waals surface area contributed by atoms with E-state index in [1.54, 1.807) is 13.2 Å². The first kappa shape index (κ1) is 15.4. The van der Waals surface area contributed by atoms with Gasteiger partial charge in [0.2, 0.25) is 0 Å². The van der Waals surface area contributed by atoms with Crippen molar-refractivity contribution in [1.29, 1.82) is 5.26 Å². The predicted octanol–water partition coefficient (Wildman–Crippen LogP) is 2.21. The first-order chi connectivity index (χ1) is 9.10. The van der Waals surface area contributed by atoms with Crippen LogP contribution in [0.3, 0.4) is 0 Å². The first-order valence-corrected chi connectivity index (χ1v) is 6.26. The topological polar surface area (TPSA) is 62.3 Å². The van der Waals surface area contributed by atoms with Crippen LogP contribution in [-0.2, 0) is 4.74 Å². The Morgan fingerprint density at radius 1 is 1.47 bits per heavy atom. The number of methoxy groups -OCH3 is 1. The number of rotatable bonds is 7. The van der Waals surface area contributed by atoms with Gasteiger partial charge in [-0.15, -0.1) is 0 Å². The van der Waals surface area contributed by atoms with Crippen molar-refractivity contribution in [1.82, 2.24) is 0 Å². The molecule has 2 N–H and O–H groups in total. The number of anilines is 1. The van der Waals surface area contributed by atoms with E-state index in [0.29, 0.717) is 31.8 Å². The van der Waals surface area contributed by atoms with Gasteiger partial charge >= 0.3 is 0 Å². The number of ether oxygens (including phenoxy) is 1. The monoisotopic (exact) mass is 265 g/mol. The van der Waals surface area contributed by atoms with Crippen LogP contribution in [0.5, 0.6) is 0 Å². The molecule has 104 valence electrons. The zero-order chi connectivity index (χ0) is 14.3. The van der Waals surface area contributed by atoms with Gasteiger partial charge in [0, 0.05) is 26.2 Å². The van der Waals surface area contributed by atoms with E-state index >= 15 is 0 Å². The molecule has 4 nitrogen and oxygen atoms in total. The van der Waals surface area contributed by atoms with E-state index in [4.69, 9.17) is 15.7 Å². The summed E-state index contributed by atoms with van der Waals surface area (Å²) in [4.78, 5) is 1.81. The van der Waals surface area contributed by atoms with Crippen LogP contribution in [0, 0.1) is 17.1 Å². The molecule has 0 aromatic heterocycles. The Morgan fingerprint density at radius 2 is 2.21 bits per heavy atom. The van der Waals surface area contributed by atoms with Gasteiger partial charge in [-0.2, -0.15) is 5.26 Å². The van der Waals surface area contributed by atoms with E-state index in [-0.39, 0.29) is 11.9 Å². The van der Waals surface area contributed by atoms with Crippen molar-refractivity contribution in [2.45, 2.75) is 19.4 Å². The number of nitrogens with zero attached hydrogens (tertiary/aromatic N) is 2. The van der Waals surface area contributed by atoms with Crippen molar-refractivity contribution in [2.24, 2.45) is 5.73 Å². The second kappa shape index (κ2) is 7.72. The zero-order valence-corrected chi connectivity index (χ0v) is 11.4. The van der Waals surface area contributed by atoms with Gasteiger partial charge in [-0.3, -0.25) is 0 Å². The lowest BCUT2D eigenvalue weighted by Crippen LogP contribution is -2.29. The molecule has 0 spiro atoms. The molecule has 0 aliphatic rings. The average molecular weight is 265 g/mol. The van der Waals surface area contributed by atoms with Gasteiger partial charge in [0.25, 0.3) is 0 Å². The van der Waals surface area contributed by atoms with Crippen molar-refractivity contribution >= 4 is 5.69 Å². The number of hydrogen-bond acceptors (Lipinski definition) is 4. The molecule has 0 aliphatic carbocycles. The minimum atomic E-state index is -0.316. The van der Waals surface area contributed by atoms with Gasteiger partial charge in [-0.05, 0) is 24.6 Å². The number of halogens is 1. The summed E-state index contributed by atoms with van der Waals surface area (Å²) >= 11 is 0. The largest absolute Gasteiger partial charge is 0.383 e. The molecule has 0 saturated heterocycles. The average Bonchev–Trinajstić information content (AvgIpc) is 2.39. The number of benzene rings is 1. The second-order valence-corrected chi connectivity index (χ2v) is 4.39. The van der Waals surface area contributed by atoms with Crippen LogP contribution in [0.4, 0.5) is 10.1 Å². The quantitative estimate of drug-likeness (QED) is 0.821. The van der Waals surface area contributed by atoms with Gasteiger partial charge in [-0.1, -0.05) is 6.07 Å². The third-order valence-corrected chi connectivity index (χ3v) is 2.90. The third-order valence-electron chi connectivity index (χ3n) is 2.90. The molecule has 0 bridgehead atoms. The van der Waals surface area contributed by atoms with E-state index in [2.05, 4.69) is 6.07 Å². The molecule has 19 heavy (non-hydrogen) atoms. The maximum Gasteiger partial charge on any atom is 0.146 e. The Bertz CT molecular complexity index is 443. The lowest BCUT2D eigenvalue weighted by Gasteiger charge is -2.24. The summed E-state index contributed by atoms with van der Waals surface area (Å²) in [5.41, 5.74) is 6.97. The Labute approximate surface area is 113 Å². The van der Waals surface area contributed by atoms with Gasteiger partial charge < -0.3 is 15.4 Å². The van der Waals surface area contributed by atoms with Crippen LogP contribution >= 0.6 is 0 Å². The van der Waals surface area contributed by atoms with E-state index in [9.17, 15) is 4.39 Å². The summed E-state index contributed by atoms with van der Waals surface area (Å²) in [6.07, 6.45) is 0.345. The molecular weight excluding hydrogens is 245 g/mol. The van der Waals surface area contributed by atoms with Crippen LogP contribution in [0.25, 0.3) is 0 Å². The number of hydrogen-bond donors (Lipinski definition) is 1. The molecule has 0 fully saturated rings. The van der Waals surface area contributed by atoms with E-state index in [1.807, 2.05) is 17.9 Å². The zero-order valence-electron chi connectivity index (χ0n) is 11.4. The van der Waals surface area contributed by atoms with Crippen molar-refractivity contribution in [2.75, 3.05) is 31.7 Å². The maximum atomic E-state index is 14.1. The summed E-state index contributed by atoms with van der Waals surface area (Å²) in [6, 6.07) is 6.84. The second-order valence-electron chi connectivity index (χ2n) is 4.39. The van der Waals surface area contributed by atoms with Crippen LogP contribution in [-0.4, -0.2) is 26.8 Å². The fourth-order valence-electron chi connectivity index (χ4n) is 1.80. The summed E-state index contributed by atoms with van der Waals surface area (Å²) < 4.78 is 19.1. The highest BCUT2D eigenvalue weighted by molar-refractivity contribution is 5.49. The lowest BCUT2D eigenvalue weighted by atomic mass is 10.1. The van der Waals surface area contributed by atoms with Crippen LogP contribution in [0.1, 0.15) is 24.9 Å². The summed E-state index contributed by atoms with van der Waals surface area (Å²) in [5, 5.41) is 8.66. The summed E-state index contributed by atoms with van der Waals surface area (Å²) in [6.45, 7) is 3.33. The summed E-state index contributed by atoms with van der Waals surface area (Å²) in [5.74, 6) is -0.316. The first-order valence-electron chi connectivity index (χ1n) is 6.26. The molecule has 1 aromatic rings. The molecule has 0 amide bonds. The molecule has 0 saturated carbocycles. The van der Waals surface area contributed by atoms with Gasteiger partial charge in [0.15, 0.2) is 0 Å². The molecule has 1 aromatic carbocycles. The molecule has 1 unspecified atom stereocenters. The third kappa shape index (κ3) is 4.51. The minimum absolute atomic E-state index is 0.199. The minimum Gasteiger partial charge on any atom is -0.383 e. The molecular formula is C14H20FN3O. The van der Waals surface area contributed by atoms with Crippen molar-refractivity contribution in [3.8, 4) is 6.07 Å². The summed E-state index contributed by atoms with van der Waals surface area (Å²) in [7, 11) is 1.60. The van der Waals surface area contributed by atoms with Gasteiger partial charge in [0.1, 0.15) is 5.82 Å². The fraction of sp³-hybridized carbons (Fsp3) is 0.500. The molecule has 0 radical (unpaired) electrons. The number of nitrogens with two attached hydrogens (primary N) is 1. The van der Waals surface area contributed by atoms with Crippen molar-refractivity contribution in [3.63, 3.8) is 0 Å². The van der Waals surface area contributed by atoms with Crippen LogP contribution in [0.15, 0.2) is 18.2 Å². The number of nitriles is 1. The standard InChI is InChI=1S/C14H20FN3O/c1-11(17)12-4-5-14(13(15)10-12)18(7-3-6-16)8-9-19-2/h4-5,10-11H,3,7-9,17H2,1-2H3. The molecule has 1 rings (SSSR count). The highest BCUT2D eigenvalue weighted by Crippen LogP contribution is 2.23. The smallest absolute Gasteiger partial charge is 0.146 e. The highest BCUT2D eigenvalue weighted by atomic mass is 19.1. The molecule has 0 aliphatic heterocycles. The van der Waals surface area contributed by atoms with Gasteiger partial charge in [-0.25, -0.2) is 4.39 Å². The fourth-order valence-corrected chi connectivity index (χ4v) is 1.80. The molecule has 0 heterocycles.